The molecule has 15 heavy (non-hydrogen) atoms. The van der Waals surface area contributed by atoms with E-state index in [0.29, 0.717) is 6.61 Å². The van der Waals surface area contributed by atoms with Crippen LogP contribution in [0.5, 0.6) is 0 Å². The summed E-state index contributed by atoms with van der Waals surface area (Å²) in [7, 11) is 2.08. The summed E-state index contributed by atoms with van der Waals surface area (Å²) >= 11 is 0. The van der Waals surface area contributed by atoms with Gasteiger partial charge in [0.25, 0.3) is 0 Å². The Morgan fingerprint density at radius 2 is 2.07 bits per heavy atom. The maximum atomic E-state index is 11.4. The highest BCUT2D eigenvalue weighted by molar-refractivity contribution is 5.79. The zero-order chi connectivity index (χ0) is 11.3. The van der Waals surface area contributed by atoms with Crippen molar-refractivity contribution >= 4 is 5.97 Å². The molecule has 2 aliphatic rings. The minimum atomic E-state index is -0.132. The molecule has 3 heteroatoms. The molecular weight excluding hydrogens is 190 g/mol. The van der Waals surface area contributed by atoms with E-state index in [0.717, 1.165) is 32.4 Å². The van der Waals surface area contributed by atoms with Gasteiger partial charge in [0.05, 0.1) is 12.0 Å². The first-order chi connectivity index (χ1) is 7.14. The fraction of sp³-hybridized carbons (Fsp3) is 0.917. The summed E-state index contributed by atoms with van der Waals surface area (Å²) in [5.74, 6) is 0.0362. The molecule has 0 amide bonds. The van der Waals surface area contributed by atoms with Crippen LogP contribution in [-0.4, -0.2) is 37.6 Å². The third-order valence-corrected chi connectivity index (χ3v) is 3.01. The van der Waals surface area contributed by atoms with Crippen molar-refractivity contribution in [2.24, 2.45) is 5.41 Å². The molecule has 2 aliphatic heterocycles. The first-order valence-electron chi connectivity index (χ1n) is 6.00. The topological polar surface area (TPSA) is 29.5 Å². The number of likely N-dealkylation sites (tertiary alicyclic amines) is 1. The van der Waals surface area contributed by atoms with Gasteiger partial charge in [-0.25, -0.2) is 0 Å². The van der Waals surface area contributed by atoms with E-state index in [1.807, 2.05) is 0 Å². The molecule has 0 aromatic rings. The molecule has 2 saturated heterocycles. The monoisotopic (exact) mass is 213 g/mol. The fourth-order valence-corrected chi connectivity index (χ4v) is 2.33. The molecule has 0 aliphatic carbocycles. The number of nitrogens with zero attached hydrogens (tertiary/aromatic N) is 1. The fourth-order valence-electron chi connectivity index (χ4n) is 2.33. The van der Waals surface area contributed by atoms with Crippen LogP contribution in [0.2, 0.25) is 0 Å². The highest BCUT2D eigenvalue weighted by Crippen LogP contribution is 2.38. The minimum Gasteiger partial charge on any atom is -0.465 e. The molecule has 0 aromatic carbocycles. The number of carbonyl (C=O) groups is 1. The highest BCUT2D eigenvalue weighted by atomic mass is 16.5. The maximum Gasteiger partial charge on any atom is 0.313 e. The summed E-state index contributed by atoms with van der Waals surface area (Å²) in [6.45, 7) is 6.90. The number of ether oxygens (including phenoxy) is 1. The van der Waals surface area contributed by atoms with E-state index in [4.69, 9.17) is 4.74 Å². The van der Waals surface area contributed by atoms with Crippen LogP contribution in [0, 0.1) is 5.41 Å². The Bertz CT molecular complexity index is 218. The number of piperidine rings is 1. The standard InChI is InChI=1S/C9H15NO2.C3H8/c1-10-5-2-3-9(7-10)4-6-12-8(9)11;1-3-2/h2-7H2,1H3;3H2,1-2H3. The molecule has 0 bridgehead atoms. The molecule has 2 rings (SSSR count). The van der Waals surface area contributed by atoms with Crippen molar-refractivity contribution < 1.29 is 9.53 Å². The van der Waals surface area contributed by atoms with E-state index in [-0.39, 0.29) is 11.4 Å². The Morgan fingerprint density at radius 3 is 2.53 bits per heavy atom. The molecule has 1 atom stereocenters. The Hall–Kier alpha value is -0.570. The van der Waals surface area contributed by atoms with Crippen molar-refractivity contribution in [1.82, 2.24) is 4.90 Å². The number of hydrogen-bond donors (Lipinski definition) is 0. The second-order valence-corrected chi connectivity index (χ2v) is 4.71. The van der Waals surface area contributed by atoms with E-state index >= 15 is 0 Å². The number of carbonyl (C=O) groups excluding carboxylic acids is 1. The smallest absolute Gasteiger partial charge is 0.313 e. The maximum absolute atomic E-state index is 11.4. The van der Waals surface area contributed by atoms with Crippen molar-refractivity contribution in [2.45, 2.75) is 39.5 Å². The minimum absolute atomic E-state index is 0.0362. The van der Waals surface area contributed by atoms with Crippen LogP contribution in [-0.2, 0) is 9.53 Å². The SMILES string of the molecule is CCC.CN1CCCC2(CCOC2=O)C1. The molecule has 2 heterocycles. The second kappa shape index (κ2) is 5.50. The third kappa shape index (κ3) is 2.94. The number of hydrogen-bond acceptors (Lipinski definition) is 3. The van der Waals surface area contributed by atoms with E-state index < -0.39 is 0 Å². The van der Waals surface area contributed by atoms with Gasteiger partial charge in [0.1, 0.15) is 0 Å². The Labute approximate surface area is 92.8 Å². The van der Waals surface area contributed by atoms with Crippen LogP contribution in [0.4, 0.5) is 0 Å². The van der Waals surface area contributed by atoms with E-state index in [1.165, 1.54) is 6.42 Å². The summed E-state index contributed by atoms with van der Waals surface area (Å²) in [5, 5.41) is 0. The first kappa shape index (κ1) is 12.5. The summed E-state index contributed by atoms with van der Waals surface area (Å²) in [6, 6.07) is 0. The molecule has 0 aromatic heterocycles. The Kier molecular flexibility index (Phi) is 4.58. The predicted molar refractivity (Wildman–Crippen MR) is 60.7 cm³/mol. The molecule has 2 fully saturated rings. The number of esters is 1. The van der Waals surface area contributed by atoms with Crippen LogP contribution in [0.3, 0.4) is 0 Å². The van der Waals surface area contributed by atoms with Gasteiger partial charge in [0.2, 0.25) is 0 Å². The van der Waals surface area contributed by atoms with Gasteiger partial charge in [-0.15, -0.1) is 0 Å². The van der Waals surface area contributed by atoms with Gasteiger partial charge in [-0.05, 0) is 32.9 Å². The average molecular weight is 213 g/mol. The normalized spacial score (nSPS) is 31.0. The average Bonchev–Trinajstić information content (AvgIpc) is 2.49. The van der Waals surface area contributed by atoms with Gasteiger partial charge < -0.3 is 9.64 Å². The van der Waals surface area contributed by atoms with Crippen molar-refractivity contribution in [3.05, 3.63) is 0 Å². The third-order valence-electron chi connectivity index (χ3n) is 3.01. The molecule has 1 unspecified atom stereocenters. The van der Waals surface area contributed by atoms with Crippen molar-refractivity contribution in [2.75, 3.05) is 26.7 Å². The highest BCUT2D eigenvalue weighted by Gasteiger charge is 2.46. The number of cyclic esters (lactones) is 1. The summed E-state index contributed by atoms with van der Waals surface area (Å²) in [5.41, 5.74) is -0.132. The zero-order valence-corrected chi connectivity index (χ0v) is 10.2. The van der Waals surface area contributed by atoms with Crippen LogP contribution in [0.25, 0.3) is 0 Å². The largest absolute Gasteiger partial charge is 0.465 e. The second-order valence-electron chi connectivity index (χ2n) is 4.71. The summed E-state index contributed by atoms with van der Waals surface area (Å²) in [6.07, 6.45) is 4.33. The van der Waals surface area contributed by atoms with Crippen LogP contribution >= 0.6 is 0 Å². The molecular formula is C12H23NO2. The van der Waals surface area contributed by atoms with Gasteiger partial charge in [0, 0.05) is 6.54 Å². The zero-order valence-electron chi connectivity index (χ0n) is 10.2. The molecule has 0 radical (unpaired) electrons. The van der Waals surface area contributed by atoms with Crippen molar-refractivity contribution in [1.29, 1.82) is 0 Å². The lowest BCUT2D eigenvalue weighted by molar-refractivity contribution is -0.148. The Balaban J connectivity index is 0.000000337. The molecule has 88 valence electrons. The van der Waals surface area contributed by atoms with Crippen LogP contribution < -0.4 is 0 Å². The van der Waals surface area contributed by atoms with Crippen molar-refractivity contribution in [3.8, 4) is 0 Å². The van der Waals surface area contributed by atoms with Gasteiger partial charge in [-0.1, -0.05) is 20.3 Å². The van der Waals surface area contributed by atoms with Crippen molar-refractivity contribution in [3.63, 3.8) is 0 Å². The lowest BCUT2D eigenvalue weighted by Crippen LogP contribution is -2.43. The quantitative estimate of drug-likeness (QED) is 0.577. The van der Waals surface area contributed by atoms with E-state index in [2.05, 4.69) is 25.8 Å². The molecule has 3 nitrogen and oxygen atoms in total. The van der Waals surface area contributed by atoms with Gasteiger partial charge in [-0.2, -0.15) is 0 Å². The van der Waals surface area contributed by atoms with Gasteiger partial charge in [0.15, 0.2) is 0 Å². The van der Waals surface area contributed by atoms with Gasteiger partial charge >= 0.3 is 5.97 Å². The van der Waals surface area contributed by atoms with Gasteiger partial charge in [-0.3, -0.25) is 4.79 Å². The lowest BCUT2D eigenvalue weighted by atomic mass is 9.79. The summed E-state index contributed by atoms with van der Waals surface area (Å²) in [4.78, 5) is 13.7. The predicted octanol–water partition coefficient (Wildman–Crippen LogP) is 2.06. The molecule has 1 spiro atoms. The van der Waals surface area contributed by atoms with Crippen LogP contribution in [0.1, 0.15) is 39.5 Å². The number of rotatable bonds is 0. The summed E-state index contributed by atoms with van der Waals surface area (Å²) < 4.78 is 5.03. The molecule has 0 N–H and O–H groups in total. The van der Waals surface area contributed by atoms with E-state index in [1.54, 1.807) is 0 Å². The van der Waals surface area contributed by atoms with Crippen LogP contribution in [0.15, 0.2) is 0 Å². The van der Waals surface area contributed by atoms with E-state index in [9.17, 15) is 4.79 Å². The molecule has 0 saturated carbocycles. The first-order valence-corrected chi connectivity index (χ1v) is 6.00. The lowest BCUT2D eigenvalue weighted by Gasteiger charge is -2.35. The Morgan fingerprint density at radius 1 is 1.40 bits per heavy atom.